The first-order chi connectivity index (χ1) is 8.31. The van der Waals surface area contributed by atoms with Crippen LogP contribution in [0.5, 0.6) is 0 Å². The molecule has 1 N–H and O–H groups in total. The monoisotopic (exact) mass is 252 g/mol. The molecule has 0 saturated carbocycles. The van der Waals surface area contributed by atoms with Crippen LogP contribution in [0.15, 0.2) is 4.79 Å². The van der Waals surface area contributed by atoms with Crippen molar-refractivity contribution in [2.24, 2.45) is 0 Å². The molecule has 0 atom stereocenters. The SMILES string of the molecule is CCCSCc1nc2c(c(=O)[nH]1)CCCCC2. The molecule has 1 aromatic heterocycles. The minimum atomic E-state index is 0.101. The molecule has 0 fully saturated rings. The predicted octanol–water partition coefficient (Wildman–Crippen LogP) is 2.68. The van der Waals surface area contributed by atoms with Crippen LogP contribution >= 0.6 is 11.8 Å². The molecule has 1 aliphatic rings. The number of hydrogen-bond acceptors (Lipinski definition) is 3. The van der Waals surface area contributed by atoms with Gasteiger partial charge in [0.25, 0.3) is 5.56 Å². The first-order valence-electron chi connectivity index (χ1n) is 6.50. The summed E-state index contributed by atoms with van der Waals surface area (Å²) < 4.78 is 0. The first kappa shape index (κ1) is 12.7. The van der Waals surface area contributed by atoms with E-state index in [1.54, 1.807) is 0 Å². The minimum absolute atomic E-state index is 0.101. The van der Waals surface area contributed by atoms with Crippen molar-refractivity contribution < 1.29 is 0 Å². The summed E-state index contributed by atoms with van der Waals surface area (Å²) in [7, 11) is 0. The molecule has 17 heavy (non-hydrogen) atoms. The summed E-state index contributed by atoms with van der Waals surface area (Å²) >= 11 is 1.84. The van der Waals surface area contributed by atoms with Crippen molar-refractivity contribution in [1.29, 1.82) is 0 Å². The van der Waals surface area contributed by atoms with Gasteiger partial charge in [0.1, 0.15) is 5.82 Å². The summed E-state index contributed by atoms with van der Waals surface area (Å²) in [5.74, 6) is 2.81. The lowest BCUT2D eigenvalue weighted by Crippen LogP contribution is -2.19. The summed E-state index contributed by atoms with van der Waals surface area (Å²) in [6.45, 7) is 2.17. The molecule has 4 heteroatoms. The molecule has 0 aromatic carbocycles. The third kappa shape index (κ3) is 3.35. The molecule has 94 valence electrons. The van der Waals surface area contributed by atoms with E-state index in [1.807, 2.05) is 11.8 Å². The van der Waals surface area contributed by atoms with Gasteiger partial charge in [-0.2, -0.15) is 11.8 Å². The summed E-state index contributed by atoms with van der Waals surface area (Å²) in [5, 5.41) is 0. The van der Waals surface area contributed by atoms with E-state index >= 15 is 0 Å². The number of H-pyrrole nitrogens is 1. The summed E-state index contributed by atoms with van der Waals surface area (Å²) in [6, 6.07) is 0. The Balaban J connectivity index is 2.17. The topological polar surface area (TPSA) is 45.8 Å². The number of thioether (sulfide) groups is 1. The first-order valence-corrected chi connectivity index (χ1v) is 7.65. The molecular formula is C13H20N2OS. The Kier molecular flexibility index (Phi) is 4.66. The van der Waals surface area contributed by atoms with Gasteiger partial charge in [-0.15, -0.1) is 0 Å². The van der Waals surface area contributed by atoms with Gasteiger partial charge in [-0.05, 0) is 37.9 Å². The van der Waals surface area contributed by atoms with Gasteiger partial charge in [0.15, 0.2) is 0 Å². The highest BCUT2D eigenvalue weighted by Crippen LogP contribution is 2.17. The highest BCUT2D eigenvalue weighted by atomic mass is 32.2. The van der Waals surface area contributed by atoms with Crippen LogP contribution in [0.4, 0.5) is 0 Å². The fraction of sp³-hybridized carbons (Fsp3) is 0.692. The van der Waals surface area contributed by atoms with Crippen molar-refractivity contribution in [2.75, 3.05) is 5.75 Å². The molecule has 0 spiro atoms. The van der Waals surface area contributed by atoms with Crippen LogP contribution in [0.1, 0.15) is 49.7 Å². The quantitative estimate of drug-likeness (QED) is 0.662. The Morgan fingerprint density at radius 1 is 1.29 bits per heavy atom. The number of aryl methyl sites for hydroxylation is 1. The van der Waals surface area contributed by atoms with Crippen molar-refractivity contribution in [3.05, 3.63) is 27.4 Å². The largest absolute Gasteiger partial charge is 0.310 e. The molecule has 0 unspecified atom stereocenters. The molecule has 3 nitrogen and oxygen atoms in total. The summed E-state index contributed by atoms with van der Waals surface area (Å²) in [4.78, 5) is 19.5. The average Bonchev–Trinajstić information content (AvgIpc) is 2.55. The normalized spacial score (nSPS) is 15.4. The maximum Gasteiger partial charge on any atom is 0.254 e. The third-order valence-corrected chi connectivity index (χ3v) is 4.25. The number of nitrogens with one attached hydrogen (secondary N) is 1. The number of fused-ring (bicyclic) bond motifs is 1. The van der Waals surface area contributed by atoms with Gasteiger partial charge < -0.3 is 4.98 Å². The molecule has 0 radical (unpaired) electrons. The lowest BCUT2D eigenvalue weighted by atomic mass is 10.1. The zero-order valence-electron chi connectivity index (χ0n) is 10.4. The van der Waals surface area contributed by atoms with Crippen LogP contribution in [-0.4, -0.2) is 15.7 Å². The van der Waals surface area contributed by atoms with Crippen LogP contribution < -0.4 is 5.56 Å². The van der Waals surface area contributed by atoms with Gasteiger partial charge in [-0.25, -0.2) is 4.98 Å². The number of aromatic nitrogens is 2. The van der Waals surface area contributed by atoms with E-state index in [0.717, 1.165) is 47.8 Å². The molecule has 2 rings (SSSR count). The Morgan fingerprint density at radius 3 is 2.94 bits per heavy atom. The van der Waals surface area contributed by atoms with E-state index in [1.165, 1.54) is 19.3 Å². The lowest BCUT2D eigenvalue weighted by Gasteiger charge is -2.06. The second kappa shape index (κ2) is 6.24. The van der Waals surface area contributed by atoms with Gasteiger partial charge in [-0.1, -0.05) is 13.3 Å². The van der Waals surface area contributed by atoms with Crippen molar-refractivity contribution in [3.63, 3.8) is 0 Å². The molecule has 1 aromatic rings. The maximum absolute atomic E-state index is 12.0. The number of rotatable bonds is 4. The van der Waals surface area contributed by atoms with Crippen molar-refractivity contribution in [2.45, 2.75) is 51.2 Å². The Morgan fingerprint density at radius 2 is 2.12 bits per heavy atom. The smallest absolute Gasteiger partial charge is 0.254 e. The Labute approximate surface area is 106 Å². The van der Waals surface area contributed by atoms with Gasteiger partial charge >= 0.3 is 0 Å². The van der Waals surface area contributed by atoms with Crippen LogP contribution in [0, 0.1) is 0 Å². The van der Waals surface area contributed by atoms with E-state index in [2.05, 4.69) is 16.9 Å². The second-order valence-electron chi connectivity index (χ2n) is 4.55. The van der Waals surface area contributed by atoms with Gasteiger partial charge in [0.2, 0.25) is 0 Å². The molecule has 1 aliphatic carbocycles. The molecule has 0 amide bonds. The van der Waals surface area contributed by atoms with Crippen molar-refractivity contribution >= 4 is 11.8 Å². The highest BCUT2D eigenvalue weighted by Gasteiger charge is 2.14. The molecule has 0 aliphatic heterocycles. The van der Waals surface area contributed by atoms with Gasteiger partial charge in [0, 0.05) is 5.56 Å². The van der Waals surface area contributed by atoms with E-state index in [0.29, 0.717) is 0 Å². The van der Waals surface area contributed by atoms with E-state index in [4.69, 9.17) is 0 Å². The van der Waals surface area contributed by atoms with E-state index in [9.17, 15) is 4.79 Å². The van der Waals surface area contributed by atoms with Crippen molar-refractivity contribution in [1.82, 2.24) is 9.97 Å². The number of hydrogen-bond donors (Lipinski definition) is 1. The van der Waals surface area contributed by atoms with E-state index < -0.39 is 0 Å². The van der Waals surface area contributed by atoms with Crippen LogP contribution in [0.2, 0.25) is 0 Å². The Bertz CT molecular complexity index is 428. The van der Waals surface area contributed by atoms with Crippen LogP contribution in [0.25, 0.3) is 0 Å². The predicted molar refractivity (Wildman–Crippen MR) is 72.6 cm³/mol. The van der Waals surface area contributed by atoms with Gasteiger partial charge in [0.05, 0.1) is 11.4 Å². The average molecular weight is 252 g/mol. The van der Waals surface area contributed by atoms with Gasteiger partial charge in [-0.3, -0.25) is 4.79 Å². The van der Waals surface area contributed by atoms with Crippen LogP contribution in [0.3, 0.4) is 0 Å². The third-order valence-electron chi connectivity index (χ3n) is 3.08. The molecule has 0 saturated heterocycles. The van der Waals surface area contributed by atoms with Crippen LogP contribution in [-0.2, 0) is 18.6 Å². The summed E-state index contributed by atoms with van der Waals surface area (Å²) in [5.41, 5.74) is 2.09. The molecular weight excluding hydrogens is 232 g/mol. The minimum Gasteiger partial charge on any atom is -0.310 e. The summed E-state index contributed by atoms with van der Waals surface area (Å²) in [6.07, 6.45) is 6.56. The van der Waals surface area contributed by atoms with Crippen molar-refractivity contribution in [3.8, 4) is 0 Å². The molecule has 0 bridgehead atoms. The Hall–Kier alpha value is -0.770. The van der Waals surface area contributed by atoms with E-state index in [-0.39, 0.29) is 5.56 Å². The standard InChI is InChI=1S/C13H20N2OS/c1-2-8-17-9-12-14-11-7-5-3-4-6-10(11)13(16)15-12/h2-9H2,1H3,(H,14,15,16). The highest BCUT2D eigenvalue weighted by molar-refractivity contribution is 7.98. The fourth-order valence-electron chi connectivity index (χ4n) is 2.21. The fourth-order valence-corrected chi connectivity index (χ4v) is 2.98. The lowest BCUT2D eigenvalue weighted by molar-refractivity contribution is 0.708. The maximum atomic E-state index is 12.0. The number of nitrogens with zero attached hydrogens (tertiary/aromatic N) is 1. The zero-order valence-corrected chi connectivity index (χ0v) is 11.2. The molecule has 1 heterocycles. The second-order valence-corrected chi connectivity index (χ2v) is 5.66. The number of aromatic amines is 1. The zero-order chi connectivity index (χ0) is 12.1.